The lowest BCUT2D eigenvalue weighted by molar-refractivity contribution is 0.475. The summed E-state index contributed by atoms with van der Waals surface area (Å²) in [6.45, 7) is 4.59. The van der Waals surface area contributed by atoms with Gasteiger partial charge in [-0.15, -0.1) is 0 Å². The first-order chi connectivity index (χ1) is 9.58. The van der Waals surface area contributed by atoms with Crippen LogP contribution in [0.2, 0.25) is 0 Å². The minimum absolute atomic E-state index is 0.303. The third-order valence-electron chi connectivity index (χ3n) is 3.33. The molecule has 1 N–H and O–H groups in total. The number of hydrogen-bond acceptors (Lipinski definition) is 2. The van der Waals surface area contributed by atoms with Gasteiger partial charge in [0.1, 0.15) is 0 Å². The van der Waals surface area contributed by atoms with Gasteiger partial charge in [-0.2, -0.15) is 5.10 Å². The Labute approximate surface area is 117 Å². The molecule has 0 bridgehead atoms. The standard InChI is InChI=1S/C15H19F2N3/c1-4-10-9-13(20(3)19-10)15(18-5-2)11-7-6-8-12(16)14(11)17/h6-9,15,18H,4-5H2,1-3H3. The zero-order valence-corrected chi connectivity index (χ0v) is 12.0. The van der Waals surface area contributed by atoms with Gasteiger partial charge in [-0.3, -0.25) is 4.68 Å². The number of halogens is 2. The molecule has 2 rings (SSSR count). The summed E-state index contributed by atoms with van der Waals surface area (Å²) in [4.78, 5) is 0. The normalized spacial score (nSPS) is 12.7. The quantitative estimate of drug-likeness (QED) is 0.912. The van der Waals surface area contributed by atoms with Crippen molar-refractivity contribution in [3.8, 4) is 0 Å². The molecule has 1 aromatic carbocycles. The maximum atomic E-state index is 14.0. The molecule has 0 amide bonds. The van der Waals surface area contributed by atoms with Gasteiger partial charge >= 0.3 is 0 Å². The van der Waals surface area contributed by atoms with Crippen molar-refractivity contribution in [2.75, 3.05) is 6.54 Å². The summed E-state index contributed by atoms with van der Waals surface area (Å²) in [5, 5.41) is 7.56. The Bertz CT molecular complexity index is 593. The molecule has 1 atom stereocenters. The van der Waals surface area contributed by atoms with Crippen molar-refractivity contribution >= 4 is 0 Å². The highest BCUT2D eigenvalue weighted by molar-refractivity contribution is 5.31. The molecule has 0 saturated heterocycles. The number of nitrogens with zero attached hydrogens (tertiary/aromatic N) is 2. The Kier molecular flexibility index (Phi) is 4.49. The molecule has 1 heterocycles. The van der Waals surface area contributed by atoms with E-state index < -0.39 is 17.7 Å². The molecule has 0 aliphatic rings. The van der Waals surface area contributed by atoms with Crippen molar-refractivity contribution in [1.29, 1.82) is 0 Å². The summed E-state index contributed by atoms with van der Waals surface area (Å²) in [6.07, 6.45) is 0.804. The van der Waals surface area contributed by atoms with Crippen molar-refractivity contribution in [3.05, 3.63) is 52.9 Å². The maximum absolute atomic E-state index is 14.0. The molecule has 20 heavy (non-hydrogen) atoms. The number of aryl methyl sites for hydroxylation is 2. The van der Waals surface area contributed by atoms with Crippen LogP contribution in [0.4, 0.5) is 8.78 Å². The molecule has 108 valence electrons. The predicted molar refractivity (Wildman–Crippen MR) is 74.5 cm³/mol. The van der Waals surface area contributed by atoms with Gasteiger partial charge in [0.05, 0.1) is 17.4 Å². The van der Waals surface area contributed by atoms with E-state index in [9.17, 15) is 8.78 Å². The van der Waals surface area contributed by atoms with Gasteiger partial charge in [-0.05, 0) is 25.1 Å². The summed E-state index contributed by atoms with van der Waals surface area (Å²) in [7, 11) is 1.82. The third kappa shape index (κ3) is 2.72. The van der Waals surface area contributed by atoms with E-state index in [4.69, 9.17) is 0 Å². The van der Waals surface area contributed by atoms with Crippen LogP contribution in [0.3, 0.4) is 0 Å². The average Bonchev–Trinajstić information content (AvgIpc) is 2.81. The van der Waals surface area contributed by atoms with Gasteiger partial charge in [0.25, 0.3) is 0 Å². The van der Waals surface area contributed by atoms with E-state index in [-0.39, 0.29) is 0 Å². The summed E-state index contributed by atoms with van der Waals surface area (Å²) >= 11 is 0. The second-order valence-corrected chi connectivity index (χ2v) is 4.67. The van der Waals surface area contributed by atoms with Gasteiger partial charge in [-0.1, -0.05) is 26.0 Å². The highest BCUT2D eigenvalue weighted by Gasteiger charge is 2.22. The van der Waals surface area contributed by atoms with E-state index in [1.165, 1.54) is 6.07 Å². The van der Waals surface area contributed by atoms with Crippen LogP contribution >= 0.6 is 0 Å². The molecule has 0 aliphatic carbocycles. The topological polar surface area (TPSA) is 29.9 Å². The molecule has 0 aliphatic heterocycles. The third-order valence-corrected chi connectivity index (χ3v) is 3.33. The van der Waals surface area contributed by atoms with Gasteiger partial charge in [0.2, 0.25) is 0 Å². The lowest BCUT2D eigenvalue weighted by atomic mass is 10.0. The van der Waals surface area contributed by atoms with Crippen LogP contribution in [0, 0.1) is 11.6 Å². The second kappa shape index (κ2) is 6.13. The molecular formula is C15H19F2N3. The Morgan fingerprint density at radius 1 is 1.30 bits per heavy atom. The number of aromatic nitrogens is 2. The Morgan fingerprint density at radius 3 is 2.65 bits per heavy atom. The number of benzene rings is 1. The summed E-state index contributed by atoms with van der Waals surface area (Å²) in [5.41, 5.74) is 2.06. The van der Waals surface area contributed by atoms with E-state index >= 15 is 0 Å². The minimum atomic E-state index is -0.830. The van der Waals surface area contributed by atoms with E-state index in [2.05, 4.69) is 10.4 Å². The van der Waals surface area contributed by atoms with Crippen LogP contribution in [0.5, 0.6) is 0 Å². The lowest BCUT2D eigenvalue weighted by Crippen LogP contribution is -2.25. The Hall–Kier alpha value is -1.75. The molecular weight excluding hydrogens is 260 g/mol. The first kappa shape index (κ1) is 14.7. The molecule has 0 spiro atoms. The molecule has 1 aromatic heterocycles. The van der Waals surface area contributed by atoms with E-state index in [0.29, 0.717) is 12.1 Å². The fourth-order valence-corrected chi connectivity index (χ4v) is 2.31. The van der Waals surface area contributed by atoms with Crippen LogP contribution in [0.25, 0.3) is 0 Å². The fraction of sp³-hybridized carbons (Fsp3) is 0.400. The van der Waals surface area contributed by atoms with E-state index in [0.717, 1.165) is 23.9 Å². The monoisotopic (exact) mass is 279 g/mol. The molecule has 5 heteroatoms. The van der Waals surface area contributed by atoms with Gasteiger partial charge in [0.15, 0.2) is 11.6 Å². The van der Waals surface area contributed by atoms with Crippen molar-refractivity contribution in [2.45, 2.75) is 26.3 Å². The molecule has 3 nitrogen and oxygen atoms in total. The Morgan fingerprint density at radius 2 is 2.05 bits per heavy atom. The van der Waals surface area contributed by atoms with Crippen molar-refractivity contribution in [1.82, 2.24) is 15.1 Å². The highest BCUT2D eigenvalue weighted by atomic mass is 19.2. The van der Waals surface area contributed by atoms with E-state index in [1.807, 2.05) is 27.0 Å². The average molecular weight is 279 g/mol. The first-order valence-corrected chi connectivity index (χ1v) is 6.78. The second-order valence-electron chi connectivity index (χ2n) is 4.67. The molecule has 2 aromatic rings. The predicted octanol–water partition coefficient (Wildman–Crippen LogP) is 2.96. The van der Waals surface area contributed by atoms with Gasteiger partial charge in [0, 0.05) is 12.6 Å². The minimum Gasteiger partial charge on any atom is -0.305 e. The number of nitrogens with one attached hydrogen (secondary N) is 1. The van der Waals surface area contributed by atoms with Crippen molar-refractivity contribution in [3.63, 3.8) is 0 Å². The maximum Gasteiger partial charge on any atom is 0.163 e. The van der Waals surface area contributed by atoms with Gasteiger partial charge < -0.3 is 5.32 Å². The van der Waals surface area contributed by atoms with Crippen LogP contribution in [0.1, 0.15) is 36.8 Å². The summed E-state index contributed by atoms with van der Waals surface area (Å²) < 4.78 is 29.2. The zero-order chi connectivity index (χ0) is 14.7. The largest absolute Gasteiger partial charge is 0.305 e. The molecule has 1 unspecified atom stereocenters. The van der Waals surface area contributed by atoms with Crippen molar-refractivity contribution < 1.29 is 8.78 Å². The SMILES string of the molecule is CCNC(c1cccc(F)c1F)c1cc(CC)nn1C. The lowest BCUT2D eigenvalue weighted by Gasteiger charge is -2.19. The molecule has 0 saturated carbocycles. The highest BCUT2D eigenvalue weighted by Crippen LogP contribution is 2.26. The zero-order valence-electron chi connectivity index (χ0n) is 12.0. The first-order valence-electron chi connectivity index (χ1n) is 6.78. The number of hydrogen-bond donors (Lipinski definition) is 1. The van der Waals surface area contributed by atoms with Crippen LogP contribution in [-0.4, -0.2) is 16.3 Å². The number of rotatable bonds is 5. The fourth-order valence-electron chi connectivity index (χ4n) is 2.31. The molecule has 0 radical (unpaired) electrons. The molecule has 0 fully saturated rings. The smallest absolute Gasteiger partial charge is 0.163 e. The summed E-state index contributed by atoms with van der Waals surface area (Å²) in [5.74, 6) is -1.64. The van der Waals surface area contributed by atoms with E-state index in [1.54, 1.807) is 10.7 Å². The summed E-state index contributed by atoms with van der Waals surface area (Å²) in [6, 6.07) is 5.77. The Balaban J connectivity index is 2.50. The van der Waals surface area contributed by atoms with Crippen molar-refractivity contribution in [2.24, 2.45) is 7.05 Å². The van der Waals surface area contributed by atoms with Crippen LogP contribution in [0.15, 0.2) is 24.3 Å². The van der Waals surface area contributed by atoms with Crippen LogP contribution < -0.4 is 5.32 Å². The van der Waals surface area contributed by atoms with Crippen LogP contribution in [-0.2, 0) is 13.5 Å². The van der Waals surface area contributed by atoms with Gasteiger partial charge in [-0.25, -0.2) is 8.78 Å².